The first-order valence-corrected chi connectivity index (χ1v) is 10.4. The minimum absolute atomic E-state index is 0.0908. The molecule has 3 heteroatoms. The molecule has 5 rings (SSSR count). The van der Waals surface area contributed by atoms with Gasteiger partial charge in [0, 0.05) is 35.5 Å². The van der Waals surface area contributed by atoms with E-state index >= 15 is 0 Å². The van der Waals surface area contributed by atoms with Crippen LogP contribution in [0, 0.1) is 0 Å². The third kappa shape index (κ3) is 3.55. The van der Waals surface area contributed by atoms with Crippen LogP contribution in [0.3, 0.4) is 0 Å². The number of benzene rings is 4. The van der Waals surface area contributed by atoms with Gasteiger partial charge in [-0.15, -0.1) is 0 Å². The number of anilines is 1. The summed E-state index contributed by atoms with van der Waals surface area (Å²) in [5.41, 5.74) is 5.02. The molecule has 3 nitrogen and oxygen atoms in total. The second-order valence-electron chi connectivity index (χ2n) is 7.73. The summed E-state index contributed by atoms with van der Waals surface area (Å²) in [7, 11) is 0. The minimum atomic E-state index is -0.0913. The normalized spacial score (nSPS) is 12.3. The lowest BCUT2D eigenvalue weighted by Crippen LogP contribution is -2.28. The van der Waals surface area contributed by atoms with E-state index in [-0.39, 0.29) is 11.6 Å². The van der Waals surface area contributed by atoms with E-state index in [1.54, 1.807) is 24.3 Å². The van der Waals surface area contributed by atoms with Gasteiger partial charge in [-0.05, 0) is 17.2 Å². The van der Waals surface area contributed by atoms with Gasteiger partial charge in [-0.25, -0.2) is 0 Å². The van der Waals surface area contributed by atoms with Crippen molar-refractivity contribution in [2.75, 3.05) is 4.90 Å². The molecule has 1 aliphatic carbocycles. The molecule has 150 valence electrons. The van der Waals surface area contributed by atoms with Gasteiger partial charge in [-0.2, -0.15) is 0 Å². The van der Waals surface area contributed by atoms with Gasteiger partial charge in [0.2, 0.25) is 0 Å². The number of nitrogens with zero attached hydrogens (tertiary/aromatic N) is 1. The van der Waals surface area contributed by atoms with Crippen LogP contribution in [0.15, 0.2) is 103 Å². The molecular weight excluding hydrogens is 382 g/mol. The fraction of sp³-hybridized carbons (Fsp3) is 0.0714. The Labute approximate surface area is 181 Å². The maximum absolute atomic E-state index is 13.5. The van der Waals surface area contributed by atoms with Gasteiger partial charge in [-0.1, -0.05) is 97.1 Å². The molecule has 0 unspecified atom stereocenters. The van der Waals surface area contributed by atoms with E-state index in [0.29, 0.717) is 35.3 Å². The van der Waals surface area contributed by atoms with Crippen LogP contribution >= 0.6 is 0 Å². The predicted octanol–water partition coefficient (Wildman–Crippen LogP) is 5.67. The third-order valence-corrected chi connectivity index (χ3v) is 5.70. The highest BCUT2D eigenvalue weighted by Gasteiger charge is 2.32. The first-order valence-electron chi connectivity index (χ1n) is 10.4. The molecule has 0 bridgehead atoms. The first-order chi connectivity index (χ1) is 15.2. The highest BCUT2D eigenvalue weighted by atomic mass is 16.1. The van der Waals surface area contributed by atoms with Gasteiger partial charge < -0.3 is 4.90 Å². The number of hydrogen-bond acceptors (Lipinski definition) is 3. The van der Waals surface area contributed by atoms with E-state index < -0.39 is 0 Å². The topological polar surface area (TPSA) is 37.4 Å². The SMILES string of the molecule is O=C1c2ccccc2C(=O)c2c1cccc2N(Cc1ccccc1)Cc1ccccc1. The molecule has 0 saturated carbocycles. The van der Waals surface area contributed by atoms with Crippen molar-refractivity contribution in [3.05, 3.63) is 137 Å². The third-order valence-electron chi connectivity index (χ3n) is 5.70. The zero-order chi connectivity index (χ0) is 21.2. The quantitative estimate of drug-likeness (QED) is 0.379. The van der Waals surface area contributed by atoms with E-state index in [1.807, 2.05) is 54.6 Å². The zero-order valence-electron chi connectivity index (χ0n) is 17.0. The number of fused-ring (bicyclic) bond motifs is 2. The minimum Gasteiger partial charge on any atom is -0.362 e. The Morgan fingerprint density at radius 2 is 0.968 bits per heavy atom. The second kappa shape index (κ2) is 8.04. The maximum Gasteiger partial charge on any atom is 0.196 e. The van der Waals surface area contributed by atoms with Crippen LogP contribution in [0.1, 0.15) is 43.0 Å². The Morgan fingerprint density at radius 1 is 0.484 bits per heavy atom. The molecule has 31 heavy (non-hydrogen) atoms. The number of rotatable bonds is 5. The molecule has 0 saturated heterocycles. The molecular formula is C28H21NO2. The summed E-state index contributed by atoms with van der Waals surface area (Å²) in [6, 6.07) is 33.0. The first kappa shape index (κ1) is 19.0. The molecule has 1 aliphatic rings. The fourth-order valence-electron chi connectivity index (χ4n) is 4.22. The van der Waals surface area contributed by atoms with E-state index in [9.17, 15) is 9.59 Å². The van der Waals surface area contributed by atoms with Crippen molar-refractivity contribution in [2.45, 2.75) is 13.1 Å². The van der Waals surface area contributed by atoms with Gasteiger partial charge in [0.1, 0.15) is 0 Å². The van der Waals surface area contributed by atoms with Gasteiger partial charge in [0.05, 0.1) is 5.56 Å². The van der Waals surface area contributed by atoms with Crippen molar-refractivity contribution in [3.63, 3.8) is 0 Å². The molecule has 4 aromatic carbocycles. The van der Waals surface area contributed by atoms with Crippen LogP contribution in [0.4, 0.5) is 5.69 Å². The van der Waals surface area contributed by atoms with Crippen molar-refractivity contribution < 1.29 is 9.59 Å². The maximum atomic E-state index is 13.5. The molecule has 0 amide bonds. The number of hydrogen-bond donors (Lipinski definition) is 0. The fourth-order valence-corrected chi connectivity index (χ4v) is 4.22. The Bertz CT molecular complexity index is 1220. The second-order valence-corrected chi connectivity index (χ2v) is 7.73. The lowest BCUT2D eigenvalue weighted by molar-refractivity contribution is 0.0979. The van der Waals surface area contributed by atoms with Crippen molar-refractivity contribution >= 4 is 17.3 Å². The summed E-state index contributed by atoms with van der Waals surface area (Å²) in [5, 5.41) is 0. The Balaban J connectivity index is 1.63. The van der Waals surface area contributed by atoms with Gasteiger partial charge in [0.25, 0.3) is 0 Å². The summed E-state index contributed by atoms with van der Waals surface area (Å²) in [4.78, 5) is 28.9. The summed E-state index contributed by atoms with van der Waals surface area (Å²) >= 11 is 0. The Hall–Kier alpha value is -3.98. The number of carbonyl (C=O) groups is 2. The van der Waals surface area contributed by atoms with E-state index in [2.05, 4.69) is 29.2 Å². The van der Waals surface area contributed by atoms with Gasteiger partial charge in [0.15, 0.2) is 11.6 Å². The summed E-state index contributed by atoms with van der Waals surface area (Å²) in [6.45, 7) is 1.27. The lowest BCUT2D eigenvalue weighted by Gasteiger charge is -2.29. The van der Waals surface area contributed by atoms with Crippen molar-refractivity contribution in [3.8, 4) is 0 Å². The van der Waals surface area contributed by atoms with Crippen LogP contribution in [-0.4, -0.2) is 11.6 Å². The molecule has 0 spiro atoms. The molecule has 0 aliphatic heterocycles. The van der Waals surface area contributed by atoms with Crippen molar-refractivity contribution in [2.24, 2.45) is 0 Å². The molecule has 0 aromatic heterocycles. The number of carbonyl (C=O) groups excluding carboxylic acids is 2. The highest BCUT2D eigenvalue weighted by molar-refractivity contribution is 6.30. The van der Waals surface area contributed by atoms with Crippen LogP contribution in [0.25, 0.3) is 0 Å². The molecule has 0 radical (unpaired) electrons. The zero-order valence-corrected chi connectivity index (χ0v) is 17.0. The Kier molecular flexibility index (Phi) is 4.93. The molecule has 4 aromatic rings. The van der Waals surface area contributed by atoms with E-state index in [0.717, 1.165) is 16.8 Å². The van der Waals surface area contributed by atoms with Gasteiger partial charge >= 0.3 is 0 Å². The van der Waals surface area contributed by atoms with E-state index in [4.69, 9.17) is 0 Å². The van der Waals surface area contributed by atoms with Crippen LogP contribution in [0.2, 0.25) is 0 Å². The highest BCUT2D eigenvalue weighted by Crippen LogP contribution is 2.35. The smallest absolute Gasteiger partial charge is 0.196 e. The standard InChI is InChI=1S/C28H21NO2/c30-27-22-14-7-8-15-23(22)28(31)26-24(27)16-9-17-25(26)29(18-20-10-3-1-4-11-20)19-21-12-5-2-6-13-21/h1-17H,18-19H2. The van der Waals surface area contributed by atoms with Crippen LogP contribution < -0.4 is 4.90 Å². The average molecular weight is 403 g/mol. The van der Waals surface area contributed by atoms with Crippen molar-refractivity contribution in [1.82, 2.24) is 0 Å². The molecule has 0 heterocycles. The van der Waals surface area contributed by atoms with Crippen LogP contribution in [-0.2, 0) is 13.1 Å². The van der Waals surface area contributed by atoms with Crippen molar-refractivity contribution in [1.29, 1.82) is 0 Å². The Morgan fingerprint density at radius 3 is 1.55 bits per heavy atom. The summed E-state index contributed by atoms with van der Waals surface area (Å²) in [6.07, 6.45) is 0. The van der Waals surface area contributed by atoms with Gasteiger partial charge in [-0.3, -0.25) is 9.59 Å². The van der Waals surface area contributed by atoms with E-state index in [1.165, 1.54) is 0 Å². The van der Waals surface area contributed by atoms with Crippen LogP contribution in [0.5, 0.6) is 0 Å². The summed E-state index contributed by atoms with van der Waals surface area (Å²) in [5.74, 6) is -0.182. The average Bonchev–Trinajstić information content (AvgIpc) is 2.83. The predicted molar refractivity (Wildman–Crippen MR) is 123 cm³/mol. The summed E-state index contributed by atoms with van der Waals surface area (Å²) < 4.78 is 0. The molecule has 0 fully saturated rings. The monoisotopic (exact) mass is 403 g/mol. The number of ketones is 2. The largest absolute Gasteiger partial charge is 0.362 e. The lowest BCUT2D eigenvalue weighted by atomic mass is 9.83. The molecule has 0 N–H and O–H groups in total. The molecule has 0 atom stereocenters.